The number of carbonyl (C=O) groups excluding carboxylic acids is 1. The molecule has 1 fully saturated rings. The lowest BCUT2D eigenvalue weighted by atomic mass is 9.71. The van der Waals surface area contributed by atoms with Gasteiger partial charge in [0.2, 0.25) is 5.91 Å². The summed E-state index contributed by atoms with van der Waals surface area (Å²) in [7, 11) is 0. The van der Waals surface area contributed by atoms with E-state index in [-0.39, 0.29) is 18.9 Å². The summed E-state index contributed by atoms with van der Waals surface area (Å²) in [4.78, 5) is 23.3. The van der Waals surface area contributed by atoms with E-state index in [1.807, 2.05) is 0 Å². The van der Waals surface area contributed by atoms with Gasteiger partial charge in [0.05, 0.1) is 16.9 Å². The topological polar surface area (TPSA) is 90.2 Å². The summed E-state index contributed by atoms with van der Waals surface area (Å²) in [5, 5.41) is 20.9. The molecule has 19 heavy (non-hydrogen) atoms. The molecule has 1 rings (SSSR count). The molecular weight excluding hydrogens is 244 g/mol. The number of carbonyl (C=O) groups is 2. The molecule has 1 aliphatic carbocycles. The van der Waals surface area contributed by atoms with Gasteiger partial charge in [0.15, 0.2) is 0 Å². The molecule has 0 aromatic carbocycles. The Morgan fingerprint density at radius 2 is 1.89 bits per heavy atom. The van der Waals surface area contributed by atoms with Crippen molar-refractivity contribution in [2.24, 2.45) is 10.8 Å². The van der Waals surface area contributed by atoms with Gasteiger partial charge in [-0.1, -0.05) is 19.3 Å². The zero-order valence-electron chi connectivity index (χ0n) is 11.7. The number of hydrogen-bond donors (Lipinski definition) is 2. The van der Waals surface area contributed by atoms with Gasteiger partial charge in [-0.25, -0.2) is 0 Å². The molecule has 5 heteroatoms. The molecular formula is C14H22N2O3. The second-order valence-electron chi connectivity index (χ2n) is 6.10. The highest BCUT2D eigenvalue weighted by Gasteiger charge is 2.41. The van der Waals surface area contributed by atoms with Crippen LogP contribution in [0.3, 0.4) is 0 Å². The average Bonchev–Trinajstić information content (AvgIpc) is 2.37. The fourth-order valence-corrected chi connectivity index (χ4v) is 2.42. The maximum Gasteiger partial charge on any atom is 0.310 e. The highest BCUT2D eigenvalue weighted by molar-refractivity contribution is 5.85. The zero-order chi connectivity index (χ0) is 14.5. The van der Waals surface area contributed by atoms with Crippen molar-refractivity contribution in [1.82, 2.24) is 5.32 Å². The van der Waals surface area contributed by atoms with Gasteiger partial charge < -0.3 is 10.4 Å². The summed E-state index contributed by atoms with van der Waals surface area (Å²) in [5.74, 6) is -1.14. The van der Waals surface area contributed by atoms with Crippen LogP contribution in [0.25, 0.3) is 0 Å². The van der Waals surface area contributed by atoms with Crippen molar-refractivity contribution in [2.75, 3.05) is 6.54 Å². The molecule has 1 aliphatic rings. The van der Waals surface area contributed by atoms with Crippen molar-refractivity contribution in [1.29, 1.82) is 5.26 Å². The van der Waals surface area contributed by atoms with Crippen LogP contribution >= 0.6 is 0 Å². The van der Waals surface area contributed by atoms with Gasteiger partial charge in [-0.3, -0.25) is 9.59 Å². The van der Waals surface area contributed by atoms with E-state index in [4.69, 9.17) is 5.26 Å². The third kappa shape index (κ3) is 4.23. The average molecular weight is 266 g/mol. The van der Waals surface area contributed by atoms with Gasteiger partial charge in [-0.05, 0) is 26.7 Å². The van der Waals surface area contributed by atoms with Crippen molar-refractivity contribution >= 4 is 11.9 Å². The molecule has 0 aliphatic heterocycles. The second kappa shape index (κ2) is 6.05. The molecule has 0 heterocycles. The molecule has 0 atom stereocenters. The summed E-state index contributed by atoms with van der Waals surface area (Å²) >= 11 is 0. The molecule has 106 valence electrons. The zero-order valence-corrected chi connectivity index (χ0v) is 11.7. The summed E-state index contributed by atoms with van der Waals surface area (Å²) < 4.78 is 0. The third-order valence-corrected chi connectivity index (χ3v) is 3.79. The van der Waals surface area contributed by atoms with E-state index in [0.717, 1.165) is 19.3 Å². The van der Waals surface area contributed by atoms with E-state index in [0.29, 0.717) is 12.8 Å². The van der Waals surface area contributed by atoms with E-state index >= 15 is 0 Å². The number of nitrogens with one attached hydrogen (secondary N) is 1. The Hall–Kier alpha value is -1.57. The van der Waals surface area contributed by atoms with Crippen molar-refractivity contribution in [3.8, 4) is 6.07 Å². The lowest BCUT2D eigenvalue weighted by molar-refractivity contribution is -0.154. The first kappa shape index (κ1) is 15.5. The second-order valence-corrected chi connectivity index (χ2v) is 6.10. The number of hydrogen-bond acceptors (Lipinski definition) is 3. The lowest BCUT2D eigenvalue weighted by Gasteiger charge is -2.32. The van der Waals surface area contributed by atoms with Gasteiger partial charge in [0.25, 0.3) is 0 Å². The van der Waals surface area contributed by atoms with Crippen LogP contribution in [0.15, 0.2) is 0 Å². The molecule has 0 bridgehead atoms. The maximum atomic E-state index is 11.9. The Bertz CT molecular complexity index is 390. The predicted molar refractivity (Wildman–Crippen MR) is 70.2 cm³/mol. The predicted octanol–water partition coefficient (Wildman–Crippen LogP) is 2.08. The van der Waals surface area contributed by atoms with Crippen molar-refractivity contribution in [2.45, 2.75) is 52.4 Å². The molecule has 0 aromatic rings. The number of rotatable bonds is 5. The molecule has 0 unspecified atom stereocenters. The van der Waals surface area contributed by atoms with Gasteiger partial charge in [0, 0.05) is 13.0 Å². The first-order valence-corrected chi connectivity index (χ1v) is 6.73. The van der Waals surface area contributed by atoms with Crippen LogP contribution in [-0.2, 0) is 9.59 Å². The molecule has 1 saturated carbocycles. The van der Waals surface area contributed by atoms with Crippen LogP contribution in [0.4, 0.5) is 0 Å². The van der Waals surface area contributed by atoms with E-state index in [2.05, 4.69) is 11.4 Å². The Kier molecular flexibility index (Phi) is 4.93. The summed E-state index contributed by atoms with van der Waals surface area (Å²) in [6.07, 6.45) is 3.92. The standard InChI is InChI=1S/C14H22N2O3/c1-13(2,9-15)10-16-11(17)8-14(12(18)19)6-4-3-5-7-14/h3-8,10H2,1-2H3,(H,16,17)(H,18,19). The SMILES string of the molecule is CC(C)(C#N)CNC(=O)CC1(C(=O)O)CCCCC1. The van der Waals surface area contributed by atoms with Crippen LogP contribution in [0.1, 0.15) is 52.4 Å². The van der Waals surface area contributed by atoms with Gasteiger partial charge >= 0.3 is 5.97 Å². The molecule has 2 N–H and O–H groups in total. The minimum absolute atomic E-state index is 0.0177. The number of carboxylic acid groups (broad SMARTS) is 1. The smallest absolute Gasteiger partial charge is 0.310 e. The Morgan fingerprint density at radius 3 is 2.37 bits per heavy atom. The largest absolute Gasteiger partial charge is 0.481 e. The van der Waals surface area contributed by atoms with Gasteiger partial charge in [0.1, 0.15) is 0 Å². The highest BCUT2D eigenvalue weighted by atomic mass is 16.4. The normalized spacial score (nSPS) is 18.4. The van der Waals surface area contributed by atoms with E-state index in [9.17, 15) is 14.7 Å². The minimum atomic E-state index is -0.904. The van der Waals surface area contributed by atoms with Crippen molar-refractivity contribution < 1.29 is 14.7 Å². The Morgan fingerprint density at radius 1 is 1.32 bits per heavy atom. The van der Waals surface area contributed by atoms with Crippen molar-refractivity contribution in [3.05, 3.63) is 0 Å². The Balaban J connectivity index is 2.58. The first-order chi connectivity index (χ1) is 8.81. The summed E-state index contributed by atoms with van der Waals surface area (Å²) in [6, 6.07) is 2.10. The molecule has 0 radical (unpaired) electrons. The van der Waals surface area contributed by atoms with Gasteiger partial charge in [-0.15, -0.1) is 0 Å². The van der Waals surface area contributed by atoms with E-state index in [1.54, 1.807) is 13.8 Å². The number of nitriles is 1. The fourth-order valence-electron chi connectivity index (χ4n) is 2.42. The molecule has 0 spiro atoms. The third-order valence-electron chi connectivity index (χ3n) is 3.79. The summed E-state index contributed by atoms with van der Waals surface area (Å²) in [5.41, 5.74) is -1.53. The van der Waals surface area contributed by atoms with Crippen LogP contribution in [0.2, 0.25) is 0 Å². The van der Waals surface area contributed by atoms with Crippen molar-refractivity contribution in [3.63, 3.8) is 0 Å². The first-order valence-electron chi connectivity index (χ1n) is 6.73. The van der Waals surface area contributed by atoms with E-state index < -0.39 is 16.8 Å². The number of nitrogens with zero attached hydrogens (tertiary/aromatic N) is 1. The van der Waals surface area contributed by atoms with Crippen LogP contribution < -0.4 is 5.32 Å². The monoisotopic (exact) mass is 266 g/mol. The van der Waals surface area contributed by atoms with Gasteiger partial charge in [-0.2, -0.15) is 5.26 Å². The van der Waals surface area contributed by atoms with Crippen LogP contribution in [0, 0.1) is 22.2 Å². The molecule has 1 amide bonds. The maximum absolute atomic E-state index is 11.9. The van der Waals surface area contributed by atoms with Crippen LogP contribution in [0.5, 0.6) is 0 Å². The van der Waals surface area contributed by atoms with Crippen LogP contribution in [-0.4, -0.2) is 23.5 Å². The number of carboxylic acids is 1. The Labute approximate surface area is 114 Å². The molecule has 0 aromatic heterocycles. The number of amides is 1. The molecule has 5 nitrogen and oxygen atoms in total. The summed E-state index contributed by atoms with van der Waals surface area (Å²) in [6.45, 7) is 3.72. The molecule has 0 saturated heterocycles. The lowest BCUT2D eigenvalue weighted by Crippen LogP contribution is -2.41. The highest BCUT2D eigenvalue weighted by Crippen LogP contribution is 2.39. The fraction of sp³-hybridized carbons (Fsp3) is 0.786. The number of aliphatic carboxylic acids is 1. The quantitative estimate of drug-likeness (QED) is 0.797. The minimum Gasteiger partial charge on any atom is -0.481 e. The van der Waals surface area contributed by atoms with E-state index in [1.165, 1.54) is 0 Å².